The molecule has 1 saturated heterocycles. The number of ether oxygens (including phenoxy) is 2. The molecular weight excluding hydrogens is 344 g/mol. The normalized spacial score (nSPS) is 34.2. The number of aliphatic hydroxyl groups excluding tert-OH is 1. The second-order valence-electron chi connectivity index (χ2n) is 7.73. The number of carbonyl (C=O) groups excluding carboxylic acids is 1. The minimum absolute atomic E-state index is 0.108. The molecule has 0 aromatic carbocycles. The molecule has 26 heavy (non-hydrogen) atoms. The highest BCUT2D eigenvalue weighted by molar-refractivity contribution is 5.76. The molecule has 2 aliphatic rings. The van der Waals surface area contributed by atoms with Gasteiger partial charge in [0.25, 0.3) is 0 Å². The lowest BCUT2D eigenvalue weighted by Gasteiger charge is -2.41. The van der Waals surface area contributed by atoms with Crippen molar-refractivity contribution in [3.63, 3.8) is 0 Å². The van der Waals surface area contributed by atoms with Gasteiger partial charge >= 0.3 is 11.9 Å². The van der Waals surface area contributed by atoms with Crippen LogP contribution in [0.3, 0.4) is 0 Å². The van der Waals surface area contributed by atoms with Gasteiger partial charge in [0, 0.05) is 12.3 Å². The largest absolute Gasteiger partial charge is 0.481 e. The summed E-state index contributed by atoms with van der Waals surface area (Å²) in [6.07, 6.45) is 2.58. The summed E-state index contributed by atoms with van der Waals surface area (Å²) in [6.45, 7) is 3.97. The van der Waals surface area contributed by atoms with E-state index in [0.29, 0.717) is 18.9 Å². The fraction of sp³-hybridized carbons (Fsp3) is 0.889. The van der Waals surface area contributed by atoms with E-state index in [4.69, 9.17) is 19.8 Å². The van der Waals surface area contributed by atoms with Crippen molar-refractivity contribution in [2.75, 3.05) is 6.61 Å². The van der Waals surface area contributed by atoms with Crippen LogP contribution in [0.1, 0.15) is 58.8 Å². The van der Waals surface area contributed by atoms with E-state index in [9.17, 15) is 14.7 Å². The van der Waals surface area contributed by atoms with Crippen molar-refractivity contribution in [1.82, 2.24) is 0 Å². The molecule has 3 unspecified atom stereocenters. The van der Waals surface area contributed by atoms with E-state index in [1.54, 1.807) is 6.92 Å². The third-order valence-electron chi connectivity index (χ3n) is 5.93. The summed E-state index contributed by atoms with van der Waals surface area (Å²) in [7, 11) is 0. The molecule has 0 aromatic rings. The Hall–Kier alpha value is -1.22. The topological polar surface area (TPSA) is 123 Å². The maximum Gasteiger partial charge on any atom is 0.308 e. The molecule has 1 saturated carbocycles. The van der Waals surface area contributed by atoms with Crippen LogP contribution >= 0.6 is 0 Å². The third-order valence-corrected chi connectivity index (χ3v) is 5.93. The monoisotopic (exact) mass is 374 g/mol. The molecule has 3 N–H and O–H groups in total. The fourth-order valence-electron chi connectivity index (χ4n) is 4.25. The van der Waals surface area contributed by atoms with Crippen molar-refractivity contribution >= 4 is 11.9 Å². The van der Waals surface area contributed by atoms with Crippen molar-refractivity contribution in [3.05, 3.63) is 0 Å². The Labute approximate surface area is 153 Å². The summed E-state index contributed by atoms with van der Waals surface area (Å²) in [4.78, 5) is 26.7. The second-order valence-corrected chi connectivity index (χ2v) is 7.73. The quantitative estimate of drug-likeness (QED) is 0.269. The Bertz CT molecular complexity index is 496. The number of esters is 1. The minimum atomic E-state index is -1.27. The van der Waals surface area contributed by atoms with Gasteiger partial charge in [-0.05, 0) is 37.5 Å². The van der Waals surface area contributed by atoms with E-state index in [1.807, 2.05) is 6.92 Å². The number of aliphatic carboxylic acids is 1. The molecule has 150 valence electrons. The van der Waals surface area contributed by atoms with E-state index >= 15 is 0 Å². The van der Waals surface area contributed by atoms with Gasteiger partial charge in [-0.3, -0.25) is 9.59 Å². The van der Waals surface area contributed by atoms with Crippen molar-refractivity contribution in [1.29, 1.82) is 0 Å². The summed E-state index contributed by atoms with van der Waals surface area (Å²) in [5, 5.41) is 28.0. The zero-order chi connectivity index (χ0) is 19.3. The number of hydrogen-bond acceptors (Lipinski definition) is 7. The van der Waals surface area contributed by atoms with Crippen LogP contribution in [-0.4, -0.2) is 46.1 Å². The lowest BCUT2D eigenvalue weighted by molar-refractivity contribution is -0.399. The van der Waals surface area contributed by atoms with Crippen LogP contribution in [0.5, 0.6) is 0 Å². The lowest BCUT2D eigenvalue weighted by atomic mass is 9.66. The van der Waals surface area contributed by atoms with Crippen LogP contribution in [0, 0.1) is 23.7 Å². The van der Waals surface area contributed by atoms with Gasteiger partial charge < -0.3 is 19.7 Å². The fourth-order valence-corrected chi connectivity index (χ4v) is 4.25. The molecule has 0 aromatic heterocycles. The molecule has 0 spiro atoms. The van der Waals surface area contributed by atoms with Crippen molar-refractivity contribution in [2.24, 2.45) is 23.7 Å². The molecule has 8 nitrogen and oxygen atoms in total. The lowest BCUT2D eigenvalue weighted by Crippen LogP contribution is -2.40. The smallest absolute Gasteiger partial charge is 0.308 e. The summed E-state index contributed by atoms with van der Waals surface area (Å²) in [5.74, 6) is -2.39. The number of rotatable bonds is 7. The van der Waals surface area contributed by atoms with Crippen LogP contribution in [-0.2, 0) is 24.0 Å². The van der Waals surface area contributed by atoms with Crippen LogP contribution < -0.4 is 0 Å². The van der Waals surface area contributed by atoms with Crippen molar-refractivity contribution in [2.45, 2.75) is 70.9 Å². The van der Waals surface area contributed by atoms with Gasteiger partial charge in [-0.2, -0.15) is 0 Å². The summed E-state index contributed by atoms with van der Waals surface area (Å²) in [6, 6.07) is 0. The van der Waals surface area contributed by atoms with Gasteiger partial charge in [-0.1, -0.05) is 19.8 Å². The molecule has 6 atom stereocenters. The second kappa shape index (κ2) is 9.12. The average molecular weight is 374 g/mol. The molecule has 0 radical (unpaired) electrons. The number of carboxylic acids is 1. The van der Waals surface area contributed by atoms with E-state index < -0.39 is 24.0 Å². The van der Waals surface area contributed by atoms with Gasteiger partial charge in [0.05, 0.1) is 19.4 Å². The number of aliphatic hydroxyl groups is 1. The first kappa shape index (κ1) is 21.1. The van der Waals surface area contributed by atoms with Gasteiger partial charge in [0.2, 0.25) is 6.29 Å². The average Bonchev–Trinajstić information content (AvgIpc) is 2.79. The van der Waals surface area contributed by atoms with E-state index in [2.05, 4.69) is 4.89 Å². The number of hydrogen-bond donors (Lipinski definition) is 3. The summed E-state index contributed by atoms with van der Waals surface area (Å²) >= 11 is 0. The predicted molar refractivity (Wildman–Crippen MR) is 89.8 cm³/mol. The number of carbonyl (C=O) groups is 2. The van der Waals surface area contributed by atoms with Crippen molar-refractivity contribution < 1.29 is 39.4 Å². The van der Waals surface area contributed by atoms with E-state index in [0.717, 1.165) is 25.7 Å². The first-order valence-corrected chi connectivity index (χ1v) is 9.31. The van der Waals surface area contributed by atoms with Crippen LogP contribution in [0.4, 0.5) is 0 Å². The minimum Gasteiger partial charge on any atom is -0.481 e. The van der Waals surface area contributed by atoms with Gasteiger partial charge in [-0.15, -0.1) is 0 Å². The summed E-state index contributed by atoms with van der Waals surface area (Å²) < 4.78 is 10.8. The maximum atomic E-state index is 11.7. The van der Waals surface area contributed by atoms with E-state index in [-0.39, 0.29) is 30.6 Å². The molecular formula is C18H30O8. The molecule has 1 aliphatic carbocycles. The first-order chi connectivity index (χ1) is 12.3. The van der Waals surface area contributed by atoms with Crippen LogP contribution in [0.2, 0.25) is 0 Å². The maximum absolute atomic E-state index is 11.7. The Morgan fingerprint density at radius 1 is 1.27 bits per heavy atom. The highest BCUT2D eigenvalue weighted by Gasteiger charge is 2.43. The molecule has 0 bridgehead atoms. The SMILES string of the molecule is C[C@H]([C@@H]1CCCC2CCC(C)(OO)OCC21)[C@@H](O)OC(=O)CCC(=O)O. The molecule has 8 heteroatoms. The van der Waals surface area contributed by atoms with E-state index in [1.165, 1.54) is 0 Å². The molecule has 1 heterocycles. The third kappa shape index (κ3) is 5.39. The first-order valence-electron chi connectivity index (χ1n) is 9.31. The van der Waals surface area contributed by atoms with Gasteiger partial charge in [-0.25, -0.2) is 10.1 Å². The molecule has 1 aliphatic heterocycles. The Morgan fingerprint density at radius 2 is 2.00 bits per heavy atom. The standard InChI is InChI=1S/C18H30O8/c1-11(17(22)25-16(21)7-6-15(19)20)13-5-3-4-12-8-9-18(2,26-23)24-10-14(12)13/h11-14,17,22-23H,3-10H2,1-2H3,(H,19,20)/t11-,12?,13+,14?,17+,18?/m1/s1. The predicted octanol–water partition coefficient (Wildman–Crippen LogP) is 2.40. The van der Waals surface area contributed by atoms with Crippen LogP contribution in [0.15, 0.2) is 0 Å². The van der Waals surface area contributed by atoms with Crippen LogP contribution in [0.25, 0.3) is 0 Å². The van der Waals surface area contributed by atoms with Gasteiger partial charge in [0.1, 0.15) is 0 Å². The number of carboxylic acid groups (broad SMARTS) is 1. The summed E-state index contributed by atoms with van der Waals surface area (Å²) in [5.41, 5.74) is 0. The van der Waals surface area contributed by atoms with Crippen molar-refractivity contribution in [3.8, 4) is 0 Å². The van der Waals surface area contributed by atoms with Gasteiger partial charge in [0.15, 0.2) is 5.79 Å². The molecule has 2 fully saturated rings. The molecule has 0 amide bonds. The Kier molecular flexibility index (Phi) is 7.40. The Balaban J connectivity index is 1.97. The highest BCUT2D eigenvalue weighted by atomic mass is 17.1. The molecule has 2 rings (SSSR count). The highest BCUT2D eigenvalue weighted by Crippen LogP contribution is 2.45. The number of fused-ring (bicyclic) bond motifs is 1. The Morgan fingerprint density at radius 3 is 2.65 bits per heavy atom. The zero-order valence-electron chi connectivity index (χ0n) is 15.4. The zero-order valence-corrected chi connectivity index (χ0v) is 15.4.